The number of nitrogen functional groups attached to an aromatic ring is 1. The normalized spacial score (nSPS) is 10.0. The molecule has 0 aliphatic carbocycles. The highest BCUT2D eigenvalue weighted by Crippen LogP contribution is 2.08. The molecule has 0 bridgehead atoms. The molecule has 0 aliphatic heterocycles. The van der Waals surface area contributed by atoms with E-state index in [2.05, 4.69) is 17.1 Å². The number of nitrogens with zero attached hydrogens (tertiary/aromatic N) is 1. The molecule has 0 atom stereocenters. The summed E-state index contributed by atoms with van der Waals surface area (Å²) in [6, 6.07) is 14.2. The minimum absolute atomic E-state index is 0.571. The van der Waals surface area contributed by atoms with Gasteiger partial charge in [-0.05, 0) is 23.6 Å². The maximum absolute atomic E-state index is 5.51. The molecule has 0 spiro atoms. The summed E-state index contributed by atoms with van der Waals surface area (Å²) in [5, 5.41) is 0. The van der Waals surface area contributed by atoms with Gasteiger partial charge in [-0.2, -0.15) is 0 Å². The minimum Gasteiger partial charge on any atom is -0.384 e. The van der Waals surface area contributed by atoms with Crippen molar-refractivity contribution in [3.05, 3.63) is 59.8 Å². The number of pyridine rings is 1. The van der Waals surface area contributed by atoms with E-state index in [1.54, 1.807) is 0 Å². The lowest BCUT2D eigenvalue weighted by Crippen LogP contribution is -1.92. The van der Waals surface area contributed by atoms with Crippen molar-refractivity contribution in [1.29, 1.82) is 0 Å². The zero-order chi connectivity index (χ0) is 9.80. The number of benzene rings is 1. The summed E-state index contributed by atoms with van der Waals surface area (Å²) in [5.41, 5.74) is 7.99. The second-order valence-electron chi connectivity index (χ2n) is 3.25. The zero-order valence-electron chi connectivity index (χ0n) is 7.85. The van der Waals surface area contributed by atoms with Crippen LogP contribution in [0.5, 0.6) is 0 Å². The van der Waals surface area contributed by atoms with Gasteiger partial charge in [0, 0.05) is 6.20 Å². The molecule has 2 nitrogen and oxygen atoms in total. The molecule has 0 radical (unpaired) electrons. The standard InChI is InChI=1S/C12H12N2/c13-12-7-6-11(9-14-12)8-10-4-2-1-3-5-10/h1-7,9H,8H2,(H2,13,14). The third-order valence-electron chi connectivity index (χ3n) is 2.10. The maximum atomic E-state index is 5.51. The Morgan fingerprint density at radius 1 is 0.929 bits per heavy atom. The first-order chi connectivity index (χ1) is 6.84. The Bertz CT molecular complexity index is 392. The molecule has 2 rings (SSSR count). The number of hydrogen-bond donors (Lipinski definition) is 1. The topological polar surface area (TPSA) is 38.9 Å². The highest BCUT2D eigenvalue weighted by molar-refractivity contribution is 5.32. The largest absolute Gasteiger partial charge is 0.384 e. The average Bonchev–Trinajstić information content (AvgIpc) is 2.23. The van der Waals surface area contributed by atoms with Crippen molar-refractivity contribution in [1.82, 2.24) is 4.98 Å². The second-order valence-corrected chi connectivity index (χ2v) is 3.25. The van der Waals surface area contributed by atoms with Crippen molar-refractivity contribution in [2.24, 2.45) is 0 Å². The fourth-order valence-electron chi connectivity index (χ4n) is 1.37. The molecule has 0 saturated carbocycles. The molecular weight excluding hydrogens is 172 g/mol. The van der Waals surface area contributed by atoms with Crippen LogP contribution >= 0.6 is 0 Å². The van der Waals surface area contributed by atoms with Gasteiger partial charge < -0.3 is 5.73 Å². The summed E-state index contributed by atoms with van der Waals surface area (Å²) in [7, 11) is 0. The van der Waals surface area contributed by atoms with E-state index in [-0.39, 0.29) is 0 Å². The highest BCUT2D eigenvalue weighted by atomic mass is 14.8. The van der Waals surface area contributed by atoms with Crippen LogP contribution in [0.3, 0.4) is 0 Å². The molecule has 1 heterocycles. The summed E-state index contributed by atoms with van der Waals surface area (Å²) in [6.07, 6.45) is 2.73. The van der Waals surface area contributed by atoms with Crippen LogP contribution in [0.4, 0.5) is 5.82 Å². The third kappa shape index (κ3) is 2.10. The Labute approximate surface area is 83.4 Å². The fourth-order valence-corrected chi connectivity index (χ4v) is 1.37. The van der Waals surface area contributed by atoms with Gasteiger partial charge in [0.1, 0.15) is 5.82 Å². The molecule has 1 aromatic heterocycles. The predicted molar refractivity (Wildman–Crippen MR) is 57.9 cm³/mol. The number of aromatic nitrogens is 1. The lowest BCUT2D eigenvalue weighted by atomic mass is 10.1. The van der Waals surface area contributed by atoms with E-state index in [1.165, 1.54) is 11.1 Å². The van der Waals surface area contributed by atoms with Crippen LogP contribution < -0.4 is 5.73 Å². The van der Waals surface area contributed by atoms with Crippen molar-refractivity contribution < 1.29 is 0 Å². The first-order valence-electron chi connectivity index (χ1n) is 4.59. The average molecular weight is 184 g/mol. The molecule has 1 aromatic carbocycles. The zero-order valence-corrected chi connectivity index (χ0v) is 7.85. The van der Waals surface area contributed by atoms with Gasteiger partial charge in [0.15, 0.2) is 0 Å². The number of anilines is 1. The van der Waals surface area contributed by atoms with Gasteiger partial charge in [0.05, 0.1) is 0 Å². The van der Waals surface area contributed by atoms with E-state index in [9.17, 15) is 0 Å². The van der Waals surface area contributed by atoms with Gasteiger partial charge in [-0.3, -0.25) is 0 Å². The van der Waals surface area contributed by atoms with Gasteiger partial charge in [-0.1, -0.05) is 36.4 Å². The molecule has 0 amide bonds. The second kappa shape index (κ2) is 3.92. The van der Waals surface area contributed by atoms with E-state index in [4.69, 9.17) is 5.73 Å². The summed E-state index contributed by atoms with van der Waals surface area (Å²) in [5.74, 6) is 0.571. The summed E-state index contributed by atoms with van der Waals surface area (Å²) in [6.45, 7) is 0. The molecule has 0 saturated heterocycles. The van der Waals surface area contributed by atoms with Gasteiger partial charge in [0.25, 0.3) is 0 Å². The molecule has 0 unspecified atom stereocenters. The van der Waals surface area contributed by atoms with E-state index >= 15 is 0 Å². The smallest absolute Gasteiger partial charge is 0.123 e. The summed E-state index contributed by atoms with van der Waals surface area (Å²) in [4.78, 5) is 4.05. The van der Waals surface area contributed by atoms with Crippen LogP contribution in [0.1, 0.15) is 11.1 Å². The predicted octanol–water partition coefficient (Wildman–Crippen LogP) is 2.25. The van der Waals surface area contributed by atoms with Gasteiger partial charge in [-0.15, -0.1) is 0 Å². The molecular formula is C12H12N2. The third-order valence-corrected chi connectivity index (χ3v) is 2.10. The van der Waals surface area contributed by atoms with Crippen molar-refractivity contribution in [2.75, 3.05) is 5.73 Å². The van der Waals surface area contributed by atoms with Crippen LogP contribution in [0.25, 0.3) is 0 Å². The lowest BCUT2D eigenvalue weighted by molar-refractivity contribution is 1.15. The van der Waals surface area contributed by atoms with Crippen molar-refractivity contribution in [3.8, 4) is 0 Å². The van der Waals surface area contributed by atoms with E-state index in [1.807, 2.05) is 36.5 Å². The fraction of sp³-hybridized carbons (Fsp3) is 0.0833. The molecule has 0 fully saturated rings. The van der Waals surface area contributed by atoms with E-state index in [0.717, 1.165) is 6.42 Å². The van der Waals surface area contributed by atoms with Crippen LogP contribution in [0, 0.1) is 0 Å². The molecule has 70 valence electrons. The molecule has 2 N–H and O–H groups in total. The number of nitrogens with two attached hydrogens (primary N) is 1. The highest BCUT2D eigenvalue weighted by Gasteiger charge is 1.95. The number of rotatable bonds is 2. The quantitative estimate of drug-likeness (QED) is 0.777. The van der Waals surface area contributed by atoms with Crippen LogP contribution in [-0.4, -0.2) is 4.98 Å². The maximum Gasteiger partial charge on any atom is 0.123 e. The first kappa shape index (κ1) is 8.75. The molecule has 2 aromatic rings. The lowest BCUT2D eigenvalue weighted by Gasteiger charge is -2.01. The molecule has 14 heavy (non-hydrogen) atoms. The molecule has 2 heteroatoms. The van der Waals surface area contributed by atoms with E-state index in [0.29, 0.717) is 5.82 Å². The van der Waals surface area contributed by atoms with Crippen LogP contribution in [-0.2, 0) is 6.42 Å². The van der Waals surface area contributed by atoms with Crippen molar-refractivity contribution >= 4 is 5.82 Å². The minimum atomic E-state index is 0.571. The molecule has 0 aliphatic rings. The van der Waals surface area contributed by atoms with Crippen molar-refractivity contribution in [3.63, 3.8) is 0 Å². The SMILES string of the molecule is Nc1ccc(Cc2ccccc2)cn1. The number of hydrogen-bond acceptors (Lipinski definition) is 2. The Morgan fingerprint density at radius 2 is 1.71 bits per heavy atom. The first-order valence-corrected chi connectivity index (χ1v) is 4.59. The van der Waals surface area contributed by atoms with E-state index < -0.39 is 0 Å². The Balaban J connectivity index is 2.16. The Kier molecular flexibility index (Phi) is 2.45. The monoisotopic (exact) mass is 184 g/mol. The van der Waals surface area contributed by atoms with Crippen LogP contribution in [0.2, 0.25) is 0 Å². The van der Waals surface area contributed by atoms with Gasteiger partial charge >= 0.3 is 0 Å². The summed E-state index contributed by atoms with van der Waals surface area (Å²) >= 11 is 0. The van der Waals surface area contributed by atoms with Crippen molar-refractivity contribution in [2.45, 2.75) is 6.42 Å². The Hall–Kier alpha value is -1.83. The van der Waals surface area contributed by atoms with Gasteiger partial charge in [0.2, 0.25) is 0 Å². The van der Waals surface area contributed by atoms with Gasteiger partial charge in [-0.25, -0.2) is 4.98 Å². The van der Waals surface area contributed by atoms with Crippen LogP contribution in [0.15, 0.2) is 48.7 Å². The Morgan fingerprint density at radius 3 is 2.36 bits per heavy atom. The summed E-state index contributed by atoms with van der Waals surface area (Å²) < 4.78 is 0.